The van der Waals surface area contributed by atoms with Crippen molar-refractivity contribution in [1.29, 1.82) is 0 Å². The summed E-state index contributed by atoms with van der Waals surface area (Å²) in [5.74, 6) is 0.953. The minimum absolute atomic E-state index is 0.894. The van der Waals surface area contributed by atoms with Gasteiger partial charge in [0.1, 0.15) is 5.75 Å². The summed E-state index contributed by atoms with van der Waals surface area (Å²) in [7, 11) is 3.94. The summed E-state index contributed by atoms with van der Waals surface area (Å²) in [6, 6.07) is 15.1. The zero-order chi connectivity index (χ0) is 17.2. The molecule has 0 saturated carbocycles. The lowest BCUT2D eigenvalue weighted by Gasteiger charge is -2.36. The summed E-state index contributed by atoms with van der Waals surface area (Å²) < 4.78 is 5.65. The van der Waals surface area contributed by atoms with Gasteiger partial charge in [0, 0.05) is 44.1 Å². The minimum atomic E-state index is 0.894. The first kappa shape index (κ1) is 16.0. The summed E-state index contributed by atoms with van der Waals surface area (Å²) in [4.78, 5) is 7.18. The Balaban J connectivity index is 1.70. The Labute approximate surface area is 149 Å². The highest BCUT2D eigenvalue weighted by Crippen LogP contribution is 2.38. The number of benzene rings is 2. The Bertz CT molecular complexity index is 778. The molecule has 0 aromatic heterocycles. The molecule has 130 valence electrons. The molecule has 2 aromatic carbocycles. The highest BCUT2D eigenvalue weighted by atomic mass is 16.5. The summed E-state index contributed by atoms with van der Waals surface area (Å²) in [5.41, 5.74) is 4.94. The van der Waals surface area contributed by atoms with Crippen LogP contribution in [0.25, 0.3) is 6.08 Å². The SMILES string of the molecule is COc1ccc(N2CC=Cc3ccccc32)cc1N1CCN(C)CC1. The summed E-state index contributed by atoms with van der Waals surface area (Å²) in [6.45, 7) is 5.14. The van der Waals surface area contributed by atoms with Crippen LogP contribution < -0.4 is 14.5 Å². The minimum Gasteiger partial charge on any atom is -0.495 e. The van der Waals surface area contributed by atoms with Gasteiger partial charge < -0.3 is 19.4 Å². The molecule has 2 heterocycles. The van der Waals surface area contributed by atoms with E-state index in [2.05, 4.69) is 76.4 Å². The number of hydrogen-bond donors (Lipinski definition) is 0. The molecule has 4 heteroatoms. The summed E-state index contributed by atoms with van der Waals surface area (Å²) in [6.07, 6.45) is 4.43. The lowest BCUT2D eigenvalue weighted by molar-refractivity contribution is 0.311. The van der Waals surface area contributed by atoms with Crippen LogP contribution in [0.2, 0.25) is 0 Å². The zero-order valence-corrected chi connectivity index (χ0v) is 15.0. The maximum Gasteiger partial charge on any atom is 0.142 e. The van der Waals surface area contributed by atoms with Gasteiger partial charge in [-0.3, -0.25) is 0 Å². The second-order valence-electron chi connectivity index (χ2n) is 6.72. The first-order valence-corrected chi connectivity index (χ1v) is 8.91. The predicted molar refractivity (Wildman–Crippen MR) is 105 cm³/mol. The summed E-state index contributed by atoms with van der Waals surface area (Å²) in [5, 5.41) is 0. The van der Waals surface area contributed by atoms with E-state index in [-0.39, 0.29) is 0 Å². The monoisotopic (exact) mass is 335 g/mol. The molecular weight excluding hydrogens is 310 g/mol. The van der Waals surface area contributed by atoms with E-state index >= 15 is 0 Å². The van der Waals surface area contributed by atoms with Crippen LogP contribution in [-0.2, 0) is 0 Å². The Hall–Kier alpha value is -2.46. The van der Waals surface area contributed by atoms with E-state index in [1.54, 1.807) is 7.11 Å². The molecular formula is C21H25N3O. The first-order chi connectivity index (χ1) is 12.3. The fourth-order valence-corrected chi connectivity index (χ4v) is 3.64. The molecule has 2 aromatic rings. The maximum atomic E-state index is 5.65. The van der Waals surface area contributed by atoms with Crippen molar-refractivity contribution in [2.75, 3.05) is 56.7 Å². The van der Waals surface area contributed by atoms with Crippen molar-refractivity contribution in [2.24, 2.45) is 0 Å². The Morgan fingerprint density at radius 1 is 0.920 bits per heavy atom. The van der Waals surface area contributed by atoms with Gasteiger partial charge in [-0.05, 0) is 36.9 Å². The standard InChI is InChI=1S/C21H25N3O/c1-22-12-14-23(15-13-22)20-16-18(9-10-21(20)25-2)24-11-5-7-17-6-3-4-8-19(17)24/h3-10,16H,11-15H2,1-2H3. The van der Waals surface area contributed by atoms with Crippen LogP contribution in [0, 0.1) is 0 Å². The number of hydrogen-bond acceptors (Lipinski definition) is 4. The Morgan fingerprint density at radius 2 is 1.72 bits per heavy atom. The number of fused-ring (bicyclic) bond motifs is 1. The molecule has 2 aliphatic rings. The van der Waals surface area contributed by atoms with Gasteiger partial charge in [-0.25, -0.2) is 0 Å². The number of piperazine rings is 1. The fraction of sp³-hybridized carbons (Fsp3) is 0.333. The van der Waals surface area contributed by atoms with Crippen molar-refractivity contribution in [2.45, 2.75) is 0 Å². The average Bonchev–Trinajstić information content (AvgIpc) is 2.68. The molecule has 1 saturated heterocycles. The van der Waals surface area contributed by atoms with Gasteiger partial charge in [-0.2, -0.15) is 0 Å². The largest absolute Gasteiger partial charge is 0.495 e. The molecule has 4 nitrogen and oxygen atoms in total. The fourth-order valence-electron chi connectivity index (χ4n) is 3.64. The van der Waals surface area contributed by atoms with E-state index in [1.165, 1.54) is 22.6 Å². The van der Waals surface area contributed by atoms with Crippen molar-refractivity contribution in [3.8, 4) is 5.75 Å². The van der Waals surface area contributed by atoms with Gasteiger partial charge in [-0.15, -0.1) is 0 Å². The Kier molecular flexibility index (Phi) is 4.36. The lowest BCUT2D eigenvalue weighted by atomic mass is 10.1. The van der Waals surface area contributed by atoms with E-state index in [9.17, 15) is 0 Å². The van der Waals surface area contributed by atoms with Crippen molar-refractivity contribution in [3.05, 3.63) is 54.1 Å². The van der Waals surface area contributed by atoms with E-state index in [0.29, 0.717) is 0 Å². The van der Waals surface area contributed by atoms with Crippen molar-refractivity contribution < 1.29 is 4.74 Å². The van der Waals surface area contributed by atoms with Crippen molar-refractivity contribution in [3.63, 3.8) is 0 Å². The molecule has 0 unspecified atom stereocenters. The van der Waals surface area contributed by atoms with E-state index in [0.717, 1.165) is 38.5 Å². The van der Waals surface area contributed by atoms with Gasteiger partial charge in [0.2, 0.25) is 0 Å². The van der Waals surface area contributed by atoms with Crippen LogP contribution in [0.1, 0.15) is 5.56 Å². The number of ether oxygens (including phenoxy) is 1. The van der Waals surface area contributed by atoms with Crippen LogP contribution in [-0.4, -0.2) is 51.8 Å². The molecule has 4 rings (SSSR count). The number of anilines is 3. The van der Waals surface area contributed by atoms with Gasteiger partial charge in [0.05, 0.1) is 12.8 Å². The van der Waals surface area contributed by atoms with E-state index < -0.39 is 0 Å². The normalized spacial score (nSPS) is 17.5. The number of nitrogens with zero attached hydrogens (tertiary/aromatic N) is 3. The second-order valence-corrected chi connectivity index (χ2v) is 6.72. The lowest BCUT2D eigenvalue weighted by Crippen LogP contribution is -2.44. The quantitative estimate of drug-likeness (QED) is 0.853. The number of methoxy groups -OCH3 is 1. The topological polar surface area (TPSA) is 19.0 Å². The van der Waals surface area contributed by atoms with E-state index in [1.807, 2.05) is 0 Å². The van der Waals surface area contributed by atoms with Crippen molar-refractivity contribution >= 4 is 23.1 Å². The molecule has 25 heavy (non-hydrogen) atoms. The van der Waals surface area contributed by atoms with E-state index in [4.69, 9.17) is 4.74 Å². The van der Waals surface area contributed by atoms with Gasteiger partial charge >= 0.3 is 0 Å². The van der Waals surface area contributed by atoms with Gasteiger partial charge in [-0.1, -0.05) is 30.4 Å². The molecule has 0 atom stereocenters. The van der Waals surface area contributed by atoms with Gasteiger partial charge in [0.25, 0.3) is 0 Å². The highest BCUT2D eigenvalue weighted by Gasteiger charge is 2.21. The van der Waals surface area contributed by atoms with Crippen LogP contribution in [0.4, 0.5) is 17.1 Å². The third-order valence-corrected chi connectivity index (χ3v) is 5.13. The third-order valence-electron chi connectivity index (χ3n) is 5.13. The molecule has 0 amide bonds. The first-order valence-electron chi connectivity index (χ1n) is 8.91. The second kappa shape index (κ2) is 6.81. The molecule has 2 aliphatic heterocycles. The molecule has 0 N–H and O–H groups in total. The molecule has 1 fully saturated rings. The predicted octanol–water partition coefficient (Wildman–Crippen LogP) is 3.61. The van der Waals surface area contributed by atoms with Crippen molar-refractivity contribution in [1.82, 2.24) is 4.90 Å². The van der Waals surface area contributed by atoms with Crippen LogP contribution in [0.3, 0.4) is 0 Å². The number of para-hydroxylation sites is 1. The van der Waals surface area contributed by atoms with Crippen LogP contribution in [0.5, 0.6) is 5.75 Å². The molecule has 0 radical (unpaired) electrons. The highest BCUT2D eigenvalue weighted by molar-refractivity contribution is 5.79. The summed E-state index contributed by atoms with van der Waals surface area (Å²) >= 11 is 0. The molecule has 0 aliphatic carbocycles. The number of likely N-dealkylation sites (N-methyl/N-ethyl adjacent to an activating group) is 1. The third kappa shape index (κ3) is 3.10. The molecule has 0 bridgehead atoms. The van der Waals surface area contributed by atoms with Crippen LogP contribution >= 0.6 is 0 Å². The van der Waals surface area contributed by atoms with Crippen LogP contribution in [0.15, 0.2) is 48.5 Å². The Morgan fingerprint density at radius 3 is 2.52 bits per heavy atom. The van der Waals surface area contributed by atoms with Gasteiger partial charge in [0.15, 0.2) is 0 Å². The zero-order valence-electron chi connectivity index (χ0n) is 15.0. The smallest absolute Gasteiger partial charge is 0.142 e. The molecule has 0 spiro atoms. The number of rotatable bonds is 3. The average molecular weight is 335 g/mol. The maximum absolute atomic E-state index is 5.65.